The Morgan fingerprint density at radius 1 is 1.44 bits per heavy atom. The van der Waals surface area contributed by atoms with E-state index in [1.54, 1.807) is 0 Å². The number of likely N-dealkylation sites (N-methyl/N-ethyl adjacent to an activating group) is 1. The molecule has 1 atom stereocenters. The third kappa shape index (κ3) is 2.88. The molecule has 0 aliphatic carbocycles. The Bertz CT molecular complexity index is 442. The van der Waals surface area contributed by atoms with Crippen LogP contribution in [0.25, 0.3) is 0 Å². The van der Waals surface area contributed by atoms with Crippen molar-refractivity contribution in [1.82, 2.24) is 5.32 Å². The second kappa shape index (κ2) is 6.26. The molecular formula is C15H20ClNO. The van der Waals surface area contributed by atoms with Crippen LogP contribution in [0.3, 0.4) is 0 Å². The maximum Gasteiger partial charge on any atom is 0.0876 e. The lowest BCUT2D eigenvalue weighted by Crippen LogP contribution is -2.24. The number of hydrogen-bond acceptors (Lipinski definition) is 2. The highest BCUT2D eigenvalue weighted by Gasteiger charge is 2.20. The number of aryl methyl sites for hydroxylation is 1. The molecule has 0 aromatic heterocycles. The zero-order chi connectivity index (χ0) is 13.0. The Balaban J connectivity index is 2.34. The van der Waals surface area contributed by atoms with Gasteiger partial charge in [-0.3, -0.25) is 0 Å². The molecule has 1 aliphatic rings. The third-order valence-corrected chi connectivity index (χ3v) is 3.79. The van der Waals surface area contributed by atoms with Crippen LogP contribution in [0.1, 0.15) is 36.9 Å². The number of halogens is 1. The van der Waals surface area contributed by atoms with E-state index < -0.39 is 0 Å². The fourth-order valence-electron chi connectivity index (χ4n) is 2.33. The first-order valence-corrected chi connectivity index (χ1v) is 6.90. The molecule has 0 radical (unpaired) electrons. The first-order valence-electron chi connectivity index (χ1n) is 6.53. The Labute approximate surface area is 114 Å². The largest absolute Gasteiger partial charge is 0.501 e. The van der Waals surface area contributed by atoms with Crippen LogP contribution in [-0.2, 0) is 4.74 Å². The van der Waals surface area contributed by atoms with Crippen LogP contribution in [0, 0.1) is 6.92 Å². The molecule has 0 saturated heterocycles. The summed E-state index contributed by atoms with van der Waals surface area (Å²) in [6.07, 6.45) is 4.05. The molecule has 1 N–H and O–H groups in total. The lowest BCUT2D eigenvalue weighted by molar-refractivity contribution is 0.219. The van der Waals surface area contributed by atoms with E-state index >= 15 is 0 Å². The fourth-order valence-corrected chi connectivity index (χ4v) is 2.57. The Morgan fingerprint density at radius 2 is 2.28 bits per heavy atom. The molecule has 0 amide bonds. The van der Waals surface area contributed by atoms with Gasteiger partial charge < -0.3 is 10.1 Å². The summed E-state index contributed by atoms with van der Waals surface area (Å²) in [6, 6.07) is 6.37. The fraction of sp³-hybridized carbons (Fsp3) is 0.467. The third-order valence-electron chi connectivity index (χ3n) is 3.27. The molecule has 2 nitrogen and oxygen atoms in total. The summed E-state index contributed by atoms with van der Waals surface area (Å²) in [7, 11) is 0. The van der Waals surface area contributed by atoms with E-state index in [1.807, 2.05) is 19.3 Å². The van der Waals surface area contributed by atoms with Crippen molar-refractivity contribution in [3.63, 3.8) is 0 Å². The second-order valence-corrected chi connectivity index (χ2v) is 5.01. The predicted octanol–water partition coefficient (Wildman–Crippen LogP) is 3.99. The van der Waals surface area contributed by atoms with Crippen LogP contribution in [0.4, 0.5) is 0 Å². The van der Waals surface area contributed by atoms with Crippen molar-refractivity contribution in [2.45, 2.75) is 32.7 Å². The van der Waals surface area contributed by atoms with Gasteiger partial charge in [-0.25, -0.2) is 0 Å². The monoisotopic (exact) mass is 265 g/mol. The molecule has 1 heterocycles. The summed E-state index contributed by atoms with van der Waals surface area (Å²) in [5.41, 5.74) is 3.56. The van der Waals surface area contributed by atoms with Gasteiger partial charge in [-0.1, -0.05) is 36.7 Å². The van der Waals surface area contributed by atoms with E-state index in [9.17, 15) is 0 Å². The minimum atomic E-state index is 0.169. The van der Waals surface area contributed by atoms with Gasteiger partial charge in [0.15, 0.2) is 0 Å². The van der Waals surface area contributed by atoms with Crippen LogP contribution in [0.2, 0.25) is 5.02 Å². The maximum atomic E-state index is 6.43. The maximum absolute atomic E-state index is 6.43. The summed E-state index contributed by atoms with van der Waals surface area (Å²) in [6.45, 7) is 5.89. The van der Waals surface area contributed by atoms with Gasteiger partial charge in [-0.05, 0) is 43.0 Å². The van der Waals surface area contributed by atoms with Crippen LogP contribution in [-0.4, -0.2) is 13.2 Å². The highest BCUT2D eigenvalue weighted by molar-refractivity contribution is 6.32. The molecule has 0 bridgehead atoms. The van der Waals surface area contributed by atoms with Gasteiger partial charge in [0.1, 0.15) is 0 Å². The number of hydrogen-bond donors (Lipinski definition) is 1. The topological polar surface area (TPSA) is 21.3 Å². The van der Waals surface area contributed by atoms with Crippen molar-refractivity contribution in [3.8, 4) is 0 Å². The highest BCUT2D eigenvalue weighted by Crippen LogP contribution is 2.33. The minimum absolute atomic E-state index is 0.169. The van der Waals surface area contributed by atoms with Gasteiger partial charge in [0.05, 0.1) is 18.9 Å². The molecule has 1 unspecified atom stereocenters. The lowest BCUT2D eigenvalue weighted by atomic mass is 9.94. The molecule has 1 aromatic rings. The molecule has 98 valence electrons. The number of benzene rings is 1. The van der Waals surface area contributed by atoms with E-state index in [0.29, 0.717) is 0 Å². The van der Waals surface area contributed by atoms with Crippen LogP contribution >= 0.6 is 11.6 Å². The van der Waals surface area contributed by atoms with E-state index in [-0.39, 0.29) is 6.04 Å². The van der Waals surface area contributed by atoms with E-state index in [4.69, 9.17) is 16.3 Å². The second-order valence-electron chi connectivity index (χ2n) is 4.64. The van der Waals surface area contributed by atoms with Crippen molar-refractivity contribution in [1.29, 1.82) is 0 Å². The summed E-state index contributed by atoms with van der Waals surface area (Å²) in [5, 5.41) is 4.36. The Morgan fingerprint density at radius 3 is 2.94 bits per heavy atom. The van der Waals surface area contributed by atoms with E-state index in [0.717, 1.165) is 42.1 Å². The first-order chi connectivity index (χ1) is 8.74. The summed E-state index contributed by atoms with van der Waals surface area (Å²) < 4.78 is 5.46. The van der Waals surface area contributed by atoms with Gasteiger partial charge in [0.25, 0.3) is 0 Å². The van der Waals surface area contributed by atoms with Crippen molar-refractivity contribution < 1.29 is 4.74 Å². The van der Waals surface area contributed by atoms with Gasteiger partial charge in [0, 0.05) is 5.02 Å². The minimum Gasteiger partial charge on any atom is -0.501 e. The van der Waals surface area contributed by atoms with Crippen LogP contribution in [0.15, 0.2) is 30.0 Å². The molecule has 18 heavy (non-hydrogen) atoms. The van der Waals surface area contributed by atoms with E-state index in [2.05, 4.69) is 24.4 Å². The van der Waals surface area contributed by atoms with Crippen molar-refractivity contribution in [2.24, 2.45) is 0 Å². The van der Waals surface area contributed by atoms with E-state index in [1.165, 1.54) is 5.57 Å². The molecule has 2 rings (SSSR count). The SMILES string of the molecule is CCNC(C1=COCCC1)c1cccc(C)c1Cl. The number of rotatable bonds is 4. The van der Waals surface area contributed by atoms with Crippen LogP contribution in [0.5, 0.6) is 0 Å². The molecule has 0 saturated carbocycles. The molecule has 3 heteroatoms. The molecular weight excluding hydrogens is 246 g/mol. The quantitative estimate of drug-likeness (QED) is 0.889. The summed E-state index contributed by atoms with van der Waals surface area (Å²) in [5.74, 6) is 0. The molecule has 1 aliphatic heterocycles. The summed E-state index contributed by atoms with van der Waals surface area (Å²) >= 11 is 6.43. The molecule has 0 fully saturated rings. The zero-order valence-corrected chi connectivity index (χ0v) is 11.8. The standard InChI is InChI=1S/C15H20ClNO/c1-3-17-15(12-7-5-9-18-10-12)13-8-4-6-11(2)14(13)16/h4,6,8,10,15,17H,3,5,7,9H2,1-2H3. The summed E-state index contributed by atoms with van der Waals surface area (Å²) in [4.78, 5) is 0. The smallest absolute Gasteiger partial charge is 0.0876 e. The van der Waals surface area contributed by atoms with Gasteiger partial charge in [-0.15, -0.1) is 0 Å². The average molecular weight is 266 g/mol. The van der Waals surface area contributed by atoms with Crippen LogP contribution < -0.4 is 5.32 Å². The molecule has 1 aromatic carbocycles. The number of ether oxygens (including phenoxy) is 1. The number of nitrogens with one attached hydrogen (secondary N) is 1. The zero-order valence-electron chi connectivity index (χ0n) is 11.0. The van der Waals surface area contributed by atoms with Gasteiger partial charge in [-0.2, -0.15) is 0 Å². The van der Waals surface area contributed by atoms with Crippen molar-refractivity contribution >= 4 is 11.6 Å². The highest BCUT2D eigenvalue weighted by atomic mass is 35.5. The average Bonchev–Trinajstić information content (AvgIpc) is 2.41. The van der Waals surface area contributed by atoms with Gasteiger partial charge in [0.2, 0.25) is 0 Å². The predicted molar refractivity (Wildman–Crippen MR) is 75.9 cm³/mol. The van der Waals surface area contributed by atoms with Crippen molar-refractivity contribution in [3.05, 3.63) is 46.2 Å². The Hall–Kier alpha value is -0.990. The molecule has 0 spiro atoms. The lowest BCUT2D eigenvalue weighted by Gasteiger charge is -2.25. The van der Waals surface area contributed by atoms with Gasteiger partial charge >= 0.3 is 0 Å². The first kappa shape index (κ1) is 13.4. The van der Waals surface area contributed by atoms with Crippen molar-refractivity contribution in [2.75, 3.05) is 13.2 Å². The normalized spacial score (nSPS) is 16.9. The Kier molecular flexibility index (Phi) is 4.67.